The van der Waals surface area contributed by atoms with Crippen LogP contribution in [-0.4, -0.2) is 56.5 Å². The second kappa shape index (κ2) is 12.9. The minimum absolute atomic E-state index is 0.0940. The van der Waals surface area contributed by atoms with E-state index in [-0.39, 0.29) is 24.0 Å². The number of hydrogen-bond donors (Lipinski definition) is 1. The number of amides is 1. The van der Waals surface area contributed by atoms with Gasteiger partial charge in [-0.1, -0.05) is 109 Å². The zero-order valence-corrected chi connectivity index (χ0v) is 28.9. The number of rotatable bonds is 9. The van der Waals surface area contributed by atoms with Crippen LogP contribution >= 0.6 is 11.3 Å². The van der Waals surface area contributed by atoms with Gasteiger partial charge in [-0.3, -0.25) is 13.7 Å². The molecule has 4 heterocycles. The summed E-state index contributed by atoms with van der Waals surface area (Å²) in [6.45, 7) is 2.82. The molecule has 0 bridgehead atoms. The summed E-state index contributed by atoms with van der Waals surface area (Å²) in [5.41, 5.74) is 4.73. The van der Waals surface area contributed by atoms with Crippen molar-refractivity contribution in [2.45, 2.75) is 23.4 Å². The number of carbonyl (C=O) groups is 1. The van der Waals surface area contributed by atoms with Gasteiger partial charge in [0.05, 0.1) is 35.2 Å². The van der Waals surface area contributed by atoms with Gasteiger partial charge in [-0.2, -0.15) is 13.5 Å². The first kappa shape index (κ1) is 32.0. The molecular formula is C39H34N4O5S2. The van der Waals surface area contributed by atoms with E-state index in [2.05, 4.69) is 41.7 Å². The van der Waals surface area contributed by atoms with Gasteiger partial charge in [0.15, 0.2) is 5.75 Å². The van der Waals surface area contributed by atoms with Gasteiger partial charge in [-0.25, -0.2) is 0 Å². The average molecular weight is 703 g/mol. The van der Waals surface area contributed by atoms with Crippen LogP contribution in [-0.2, 0) is 19.8 Å². The van der Waals surface area contributed by atoms with Gasteiger partial charge in [0.25, 0.3) is 16.0 Å². The van der Waals surface area contributed by atoms with Crippen molar-refractivity contribution in [3.05, 3.63) is 155 Å². The Morgan fingerprint density at radius 2 is 1.48 bits per heavy atom. The molecule has 2 aliphatic rings. The SMILES string of the molecule is Cc1ccc(S(=O)(=O)OC[C@H]2CNC(=O)c3sc(-c4cnn(C(c5ccccc5)(c5ccccc5)c5ccccc5)c4)c4c3N2CCO4)cc1. The molecule has 0 unspecified atom stereocenters. The highest BCUT2D eigenvalue weighted by atomic mass is 32.2. The summed E-state index contributed by atoms with van der Waals surface area (Å²) < 4.78 is 40.0. The first-order valence-electron chi connectivity index (χ1n) is 16.4. The van der Waals surface area contributed by atoms with Crippen LogP contribution in [0.5, 0.6) is 5.75 Å². The van der Waals surface area contributed by atoms with Gasteiger partial charge in [0, 0.05) is 18.3 Å². The molecule has 8 rings (SSSR count). The third-order valence-electron chi connectivity index (χ3n) is 9.34. The van der Waals surface area contributed by atoms with E-state index >= 15 is 0 Å². The molecule has 252 valence electrons. The second-order valence-electron chi connectivity index (χ2n) is 12.4. The standard InChI is InChI=1S/C39H34N4O5S2/c1-27-17-19-33(20-18-27)50(45,46)48-26-32-24-40-38(44)37-34-35(47-22-21-42(32)34)36(49-37)28-23-41-43(25-28)39(29-11-5-2-6-12-29,30-13-7-3-8-14-30)31-15-9-4-10-16-31/h2-20,23,25,32H,21-22,24,26H2,1H3,(H,40,44)/t32-/m1/s1. The Kier molecular flexibility index (Phi) is 8.26. The van der Waals surface area contributed by atoms with Gasteiger partial charge in [0.2, 0.25) is 0 Å². The van der Waals surface area contributed by atoms with Gasteiger partial charge in [-0.05, 0) is 35.7 Å². The number of aryl methyl sites for hydroxylation is 1. The minimum atomic E-state index is -4.00. The van der Waals surface area contributed by atoms with Gasteiger partial charge < -0.3 is 15.0 Å². The molecule has 50 heavy (non-hydrogen) atoms. The lowest BCUT2D eigenvalue weighted by molar-refractivity contribution is 0.0957. The monoisotopic (exact) mass is 702 g/mol. The maximum atomic E-state index is 13.5. The highest BCUT2D eigenvalue weighted by Gasteiger charge is 2.41. The second-order valence-corrected chi connectivity index (χ2v) is 15.0. The Labute approximate surface area is 294 Å². The van der Waals surface area contributed by atoms with E-state index in [9.17, 15) is 13.2 Å². The molecule has 0 radical (unpaired) electrons. The fourth-order valence-electron chi connectivity index (χ4n) is 6.92. The normalized spacial score (nSPS) is 15.9. The zero-order chi connectivity index (χ0) is 34.3. The molecule has 1 amide bonds. The fraction of sp³-hybridized carbons (Fsp3) is 0.179. The fourth-order valence-corrected chi connectivity index (χ4v) is 9.01. The van der Waals surface area contributed by atoms with Crippen LogP contribution in [0.15, 0.2) is 133 Å². The third-order valence-corrected chi connectivity index (χ3v) is 11.8. The highest BCUT2D eigenvalue weighted by Crippen LogP contribution is 2.51. The molecule has 6 aromatic rings. The number of hydrogen-bond acceptors (Lipinski definition) is 8. The van der Waals surface area contributed by atoms with Crippen LogP contribution < -0.4 is 15.0 Å². The summed E-state index contributed by atoms with van der Waals surface area (Å²) in [6, 6.07) is 37.0. The Morgan fingerprint density at radius 1 is 0.880 bits per heavy atom. The van der Waals surface area contributed by atoms with E-state index in [1.165, 1.54) is 23.5 Å². The van der Waals surface area contributed by atoms with E-state index in [1.807, 2.05) is 83.5 Å². The number of thiophene rings is 1. The molecule has 4 aromatic carbocycles. The molecule has 0 saturated heterocycles. The Morgan fingerprint density at radius 3 is 2.08 bits per heavy atom. The predicted molar refractivity (Wildman–Crippen MR) is 193 cm³/mol. The molecule has 0 saturated carbocycles. The Bertz CT molecular complexity index is 2160. The molecule has 11 heteroatoms. The van der Waals surface area contributed by atoms with Crippen molar-refractivity contribution in [3.8, 4) is 16.2 Å². The van der Waals surface area contributed by atoms with Gasteiger partial charge in [0.1, 0.15) is 22.7 Å². The van der Waals surface area contributed by atoms with Gasteiger partial charge >= 0.3 is 0 Å². The van der Waals surface area contributed by atoms with Crippen LogP contribution in [0.3, 0.4) is 0 Å². The van der Waals surface area contributed by atoms with Crippen molar-refractivity contribution in [2.75, 3.05) is 31.2 Å². The zero-order valence-electron chi connectivity index (χ0n) is 27.2. The van der Waals surface area contributed by atoms with Crippen LogP contribution in [0.4, 0.5) is 5.69 Å². The predicted octanol–water partition coefficient (Wildman–Crippen LogP) is 6.48. The number of ether oxygens (including phenoxy) is 1. The van der Waals surface area contributed by atoms with E-state index in [0.29, 0.717) is 29.5 Å². The largest absolute Gasteiger partial charge is 0.488 e. The average Bonchev–Trinajstić information content (AvgIpc) is 3.76. The summed E-state index contributed by atoms with van der Waals surface area (Å²) in [5, 5.41) is 8.01. The number of nitrogens with zero attached hydrogens (tertiary/aromatic N) is 3. The highest BCUT2D eigenvalue weighted by molar-refractivity contribution is 7.86. The third kappa shape index (κ3) is 5.47. The molecule has 1 atom stereocenters. The van der Waals surface area contributed by atoms with Crippen molar-refractivity contribution < 1.29 is 22.1 Å². The quantitative estimate of drug-likeness (QED) is 0.136. The topological polar surface area (TPSA) is 103 Å². The maximum absolute atomic E-state index is 13.5. The molecule has 9 nitrogen and oxygen atoms in total. The van der Waals surface area contributed by atoms with Crippen LogP contribution in [0.25, 0.3) is 10.4 Å². The lowest BCUT2D eigenvalue weighted by atomic mass is 9.77. The number of nitrogens with one attached hydrogen (secondary N) is 1. The first-order chi connectivity index (χ1) is 24.4. The number of aromatic nitrogens is 2. The van der Waals surface area contributed by atoms with Crippen LogP contribution in [0.1, 0.15) is 31.9 Å². The first-order valence-corrected chi connectivity index (χ1v) is 18.6. The molecule has 0 fully saturated rings. The number of benzene rings is 4. The smallest absolute Gasteiger partial charge is 0.297 e. The van der Waals surface area contributed by atoms with E-state index in [1.54, 1.807) is 12.1 Å². The molecule has 1 N–H and O–H groups in total. The van der Waals surface area contributed by atoms with Gasteiger partial charge in [-0.15, -0.1) is 11.3 Å². The minimum Gasteiger partial charge on any atom is -0.488 e. The lowest BCUT2D eigenvalue weighted by Gasteiger charge is -2.36. The number of anilines is 1. The van der Waals surface area contributed by atoms with Crippen molar-refractivity contribution in [3.63, 3.8) is 0 Å². The molecule has 2 aliphatic heterocycles. The van der Waals surface area contributed by atoms with E-state index < -0.39 is 21.7 Å². The summed E-state index contributed by atoms with van der Waals surface area (Å²) >= 11 is 1.35. The summed E-state index contributed by atoms with van der Waals surface area (Å²) in [5.74, 6) is 0.348. The number of carbonyl (C=O) groups excluding carboxylic acids is 1. The van der Waals surface area contributed by atoms with Crippen molar-refractivity contribution in [2.24, 2.45) is 0 Å². The van der Waals surface area contributed by atoms with E-state index in [4.69, 9.17) is 14.0 Å². The van der Waals surface area contributed by atoms with E-state index in [0.717, 1.165) is 32.7 Å². The maximum Gasteiger partial charge on any atom is 0.297 e. The molecular weight excluding hydrogens is 669 g/mol. The van der Waals surface area contributed by atoms with Crippen LogP contribution in [0, 0.1) is 6.92 Å². The molecule has 0 aliphatic carbocycles. The molecule has 0 spiro atoms. The Balaban J connectivity index is 1.20. The lowest BCUT2D eigenvalue weighted by Crippen LogP contribution is -2.47. The Hall–Kier alpha value is -5.23. The summed E-state index contributed by atoms with van der Waals surface area (Å²) in [7, 11) is -4.00. The molecule has 2 aromatic heterocycles. The van der Waals surface area contributed by atoms with Crippen molar-refractivity contribution in [1.82, 2.24) is 15.1 Å². The van der Waals surface area contributed by atoms with Crippen molar-refractivity contribution in [1.29, 1.82) is 0 Å². The van der Waals surface area contributed by atoms with Crippen molar-refractivity contribution >= 4 is 33.0 Å². The van der Waals surface area contributed by atoms with Crippen LogP contribution in [0.2, 0.25) is 0 Å². The summed E-state index contributed by atoms with van der Waals surface area (Å²) in [6.07, 6.45) is 3.84. The summed E-state index contributed by atoms with van der Waals surface area (Å²) in [4.78, 5) is 17.0.